The molecule has 0 unspecified atom stereocenters. The summed E-state index contributed by atoms with van der Waals surface area (Å²) in [6, 6.07) is 15.9. The number of aliphatic imine (C=N–C) groups is 1. The third kappa shape index (κ3) is 10.2. The van der Waals surface area contributed by atoms with Crippen molar-refractivity contribution in [3.05, 3.63) is 70.8 Å². The second kappa shape index (κ2) is 13.8. The van der Waals surface area contributed by atoms with Gasteiger partial charge in [-0.25, -0.2) is 4.99 Å². The summed E-state index contributed by atoms with van der Waals surface area (Å²) in [4.78, 5) is 27.4. The van der Waals surface area contributed by atoms with Crippen molar-refractivity contribution in [2.75, 3.05) is 19.6 Å². The highest BCUT2D eigenvalue weighted by molar-refractivity contribution is 14.0. The van der Waals surface area contributed by atoms with Gasteiger partial charge in [-0.2, -0.15) is 0 Å². The quantitative estimate of drug-likeness (QED) is 0.213. The van der Waals surface area contributed by atoms with Crippen LogP contribution in [0.4, 0.5) is 0 Å². The van der Waals surface area contributed by atoms with Gasteiger partial charge in [0.1, 0.15) is 0 Å². The van der Waals surface area contributed by atoms with Gasteiger partial charge in [-0.1, -0.05) is 57.2 Å². The maximum atomic E-state index is 11.9. The summed E-state index contributed by atoms with van der Waals surface area (Å²) in [5.41, 5.74) is 9.27. The van der Waals surface area contributed by atoms with E-state index in [2.05, 4.69) is 66.0 Å². The Kier molecular flexibility index (Phi) is 11.9. The molecule has 2 amide bonds. The number of nitrogens with two attached hydrogens (primary N) is 1. The number of rotatable bonds is 9. The van der Waals surface area contributed by atoms with Crippen molar-refractivity contribution in [3.8, 4) is 0 Å². The van der Waals surface area contributed by atoms with Crippen molar-refractivity contribution < 1.29 is 9.59 Å². The van der Waals surface area contributed by atoms with Crippen LogP contribution in [0.15, 0.2) is 53.5 Å². The number of benzene rings is 2. The first-order valence-corrected chi connectivity index (χ1v) is 11.0. The predicted octanol–water partition coefficient (Wildman–Crippen LogP) is 3.12. The molecule has 180 valence electrons. The smallest absolute Gasteiger partial charge is 0.251 e. The number of amides is 2. The zero-order valence-corrected chi connectivity index (χ0v) is 22.2. The molecule has 0 heterocycles. The van der Waals surface area contributed by atoms with Crippen LogP contribution in [-0.2, 0) is 23.2 Å². The normalized spacial score (nSPS) is 11.3. The standard InChI is InChI=1S/C25H35N5O2.HI/c1-5-27-24(28-15-14-18-8-12-21(13-9-18)25(2,3)4)30-16-19-6-10-20(11-7-19)23(32)29-17-22(26)31;/h6-13H,5,14-17H2,1-4H3,(H2,26,31)(H,29,32)(H2,27,28,30);1H. The molecule has 0 aromatic heterocycles. The van der Waals surface area contributed by atoms with Crippen molar-refractivity contribution in [1.82, 2.24) is 16.0 Å². The molecule has 0 aliphatic heterocycles. The fourth-order valence-corrected chi connectivity index (χ4v) is 3.04. The lowest BCUT2D eigenvalue weighted by atomic mass is 9.86. The molecule has 0 spiro atoms. The van der Waals surface area contributed by atoms with Crippen molar-refractivity contribution in [2.45, 2.75) is 46.1 Å². The molecule has 5 N–H and O–H groups in total. The molecule has 33 heavy (non-hydrogen) atoms. The topological polar surface area (TPSA) is 109 Å². The first-order valence-electron chi connectivity index (χ1n) is 11.0. The Morgan fingerprint density at radius 2 is 1.52 bits per heavy atom. The van der Waals surface area contributed by atoms with Gasteiger partial charge in [0.15, 0.2) is 5.96 Å². The van der Waals surface area contributed by atoms with Gasteiger partial charge in [0.05, 0.1) is 13.1 Å². The Labute approximate surface area is 214 Å². The summed E-state index contributed by atoms with van der Waals surface area (Å²) in [7, 11) is 0. The van der Waals surface area contributed by atoms with E-state index in [-0.39, 0.29) is 41.8 Å². The van der Waals surface area contributed by atoms with Crippen molar-refractivity contribution in [3.63, 3.8) is 0 Å². The van der Waals surface area contributed by atoms with E-state index < -0.39 is 5.91 Å². The number of hydrogen-bond acceptors (Lipinski definition) is 3. The largest absolute Gasteiger partial charge is 0.368 e. The van der Waals surface area contributed by atoms with Crippen LogP contribution >= 0.6 is 24.0 Å². The lowest BCUT2D eigenvalue weighted by molar-refractivity contribution is -0.117. The third-order valence-corrected chi connectivity index (χ3v) is 4.93. The van der Waals surface area contributed by atoms with E-state index in [4.69, 9.17) is 5.73 Å². The van der Waals surface area contributed by atoms with E-state index in [0.29, 0.717) is 12.1 Å². The number of hydrogen-bond donors (Lipinski definition) is 4. The second-order valence-corrected chi connectivity index (χ2v) is 8.66. The van der Waals surface area contributed by atoms with Crippen LogP contribution in [0.2, 0.25) is 0 Å². The Morgan fingerprint density at radius 1 is 0.909 bits per heavy atom. The maximum absolute atomic E-state index is 11.9. The van der Waals surface area contributed by atoms with Gasteiger partial charge in [0, 0.05) is 18.7 Å². The molecule has 0 saturated carbocycles. The molecule has 0 atom stereocenters. The Morgan fingerprint density at radius 3 is 2.06 bits per heavy atom. The molecular formula is C25H36IN5O2. The first kappa shape index (κ1) is 28.4. The van der Waals surface area contributed by atoms with Crippen molar-refractivity contribution in [1.29, 1.82) is 0 Å². The monoisotopic (exact) mass is 565 g/mol. The highest BCUT2D eigenvalue weighted by atomic mass is 127. The molecule has 0 bridgehead atoms. The number of halogens is 1. The van der Waals surface area contributed by atoms with Gasteiger partial charge in [0.25, 0.3) is 5.91 Å². The molecular weight excluding hydrogens is 529 g/mol. The number of nitrogens with one attached hydrogen (secondary N) is 3. The Hall–Kier alpha value is -2.62. The minimum Gasteiger partial charge on any atom is -0.368 e. The van der Waals surface area contributed by atoms with Crippen molar-refractivity contribution >= 4 is 41.8 Å². The maximum Gasteiger partial charge on any atom is 0.251 e. The molecule has 0 radical (unpaired) electrons. The number of carbonyl (C=O) groups excluding carboxylic acids is 2. The lowest BCUT2D eigenvalue weighted by Gasteiger charge is -2.19. The van der Waals surface area contributed by atoms with E-state index in [1.165, 1.54) is 11.1 Å². The number of carbonyl (C=O) groups is 2. The zero-order valence-electron chi connectivity index (χ0n) is 19.9. The van der Waals surface area contributed by atoms with E-state index in [0.717, 1.165) is 31.0 Å². The highest BCUT2D eigenvalue weighted by Crippen LogP contribution is 2.22. The van der Waals surface area contributed by atoms with Gasteiger partial charge < -0.3 is 21.7 Å². The molecule has 0 aliphatic carbocycles. The fourth-order valence-electron chi connectivity index (χ4n) is 3.04. The van der Waals surface area contributed by atoms with Gasteiger partial charge >= 0.3 is 0 Å². The van der Waals surface area contributed by atoms with Crippen LogP contribution in [0.1, 0.15) is 54.7 Å². The van der Waals surface area contributed by atoms with Crippen LogP contribution in [-0.4, -0.2) is 37.4 Å². The van der Waals surface area contributed by atoms with E-state index >= 15 is 0 Å². The van der Waals surface area contributed by atoms with Crippen LogP contribution in [0.5, 0.6) is 0 Å². The fraction of sp³-hybridized carbons (Fsp3) is 0.400. The van der Waals surface area contributed by atoms with Crippen LogP contribution in [0.25, 0.3) is 0 Å². The summed E-state index contributed by atoms with van der Waals surface area (Å²) in [5, 5.41) is 9.10. The van der Waals surface area contributed by atoms with Crippen LogP contribution in [0, 0.1) is 0 Å². The highest BCUT2D eigenvalue weighted by Gasteiger charge is 2.12. The lowest BCUT2D eigenvalue weighted by Crippen LogP contribution is -2.38. The molecule has 0 fully saturated rings. The molecule has 0 saturated heterocycles. The minimum absolute atomic E-state index is 0. The Bertz CT molecular complexity index is 919. The van der Waals surface area contributed by atoms with Gasteiger partial charge in [-0.3, -0.25) is 9.59 Å². The zero-order chi connectivity index (χ0) is 23.6. The molecule has 2 aromatic carbocycles. The third-order valence-electron chi connectivity index (χ3n) is 4.93. The number of guanidine groups is 1. The summed E-state index contributed by atoms with van der Waals surface area (Å²) in [5.74, 6) is -0.152. The molecule has 7 nitrogen and oxygen atoms in total. The summed E-state index contributed by atoms with van der Waals surface area (Å²) < 4.78 is 0. The first-order chi connectivity index (χ1) is 15.2. The predicted molar refractivity (Wildman–Crippen MR) is 145 cm³/mol. The SMILES string of the molecule is CCNC(=NCc1ccc(C(=O)NCC(N)=O)cc1)NCCc1ccc(C(C)(C)C)cc1.I. The van der Waals surface area contributed by atoms with E-state index in [9.17, 15) is 9.59 Å². The molecule has 8 heteroatoms. The summed E-state index contributed by atoms with van der Waals surface area (Å²) >= 11 is 0. The van der Waals surface area contributed by atoms with Crippen LogP contribution < -0.4 is 21.7 Å². The number of nitrogens with zero attached hydrogens (tertiary/aromatic N) is 1. The van der Waals surface area contributed by atoms with Crippen molar-refractivity contribution in [2.24, 2.45) is 10.7 Å². The van der Waals surface area contributed by atoms with Gasteiger partial charge in [-0.15, -0.1) is 24.0 Å². The number of primary amides is 1. The molecule has 2 aromatic rings. The van der Waals surface area contributed by atoms with Gasteiger partial charge in [-0.05, 0) is 47.6 Å². The average molecular weight is 566 g/mol. The average Bonchev–Trinajstić information content (AvgIpc) is 2.76. The molecule has 2 rings (SSSR count). The molecule has 0 aliphatic rings. The van der Waals surface area contributed by atoms with Gasteiger partial charge in [0.2, 0.25) is 5.91 Å². The van der Waals surface area contributed by atoms with E-state index in [1.54, 1.807) is 12.1 Å². The minimum atomic E-state index is -0.574. The summed E-state index contributed by atoms with van der Waals surface area (Å²) in [6.07, 6.45) is 0.907. The van der Waals surface area contributed by atoms with Crippen LogP contribution in [0.3, 0.4) is 0 Å². The Balaban J connectivity index is 0.00000544. The van der Waals surface area contributed by atoms with E-state index in [1.807, 2.05) is 19.1 Å². The second-order valence-electron chi connectivity index (χ2n) is 8.66. The summed E-state index contributed by atoms with van der Waals surface area (Å²) in [6.45, 7) is 10.5.